The number of halogens is 2. The Balaban J connectivity index is 0.00000300. The minimum atomic E-state index is -0.105. The highest BCUT2D eigenvalue weighted by Gasteiger charge is 2.19. The Hall–Kier alpha value is -1.57. The highest BCUT2D eigenvalue weighted by molar-refractivity contribution is 7.98. The van der Waals surface area contributed by atoms with Crippen LogP contribution in [-0.2, 0) is 4.79 Å². The van der Waals surface area contributed by atoms with Gasteiger partial charge in [0, 0.05) is 29.1 Å². The number of carbonyl (C=O) groups excluding carboxylic acids is 1. The fourth-order valence-corrected chi connectivity index (χ4v) is 4.50. The van der Waals surface area contributed by atoms with Gasteiger partial charge in [-0.2, -0.15) is 0 Å². The molecule has 0 radical (unpaired) electrons. The van der Waals surface area contributed by atoms with E-state index < -0.39 is 0 Å². The summed E-state index contributed by atoms with van der Waals surface area (Å²) in [6.45, 7) is 1.31. The standard InChI is InChI=1S/C21H22ClN3OS2.ClH/c1-24(2)13-14-25(19(26)12-11-15-7-4-5-8-16(15)22)21-23-20-17(27-3)9-6-10-18(20)28-21;/h4-12H,13-14H2,1-3H3;1H. The molecule has 3 aromatic rings. The zero-order valence-electron chi connectivity index (χ0n) is 16.5. The SMILES string of the molecule is CSc1cccc2sc(N(CCN(C)C)C(=O)C=Cc3ccccc3Cl)nc12.Cl. The van der Waals surface area contributed by atoms with Crippen molar-refractivity contribution in [2.75, 3.05) is 38.3 Å². The molecule has 0 aliphatic heterocycles. The first kappa shape index (κ1) is 23.7. The fourth-order valence-electron chi connectivity index (χ4n) is 2.65. The molecular weight excluding hydrogens is 445 g/mol. The Bertz CT molecular complexity index is 1000. The Kier molecular flexibility index (Phi) is 8.99. The number of amides is 1. The number of benzene rings is 2. The van der Waals surface area contributed by atoms with E-state index in [0.29, 0.717) is 16.7 Å². The van der Waals surface area contributed by atoms with Crippen LogP contribution in [0, 0.1) is 0 Å². The largest absolute Gasteiger partial charge is 0.308 e. The number of nitrogens with zero attached hydrogens (tertiary/aromatic N) is 3. The maximum Gasteiger partial charge on any atom is 0.252 e. The van der Waals surface area contributed by atoms with Crippen LogP contribution in [0.2, 0.25) is 5.02 Å². The molecule has 4 nitrogen and oxygen atoms in total. The number of hydrogen-bond donors (Lipinski definition) is 0. The van der Waals surface area contributed by atoms with E-state index in [2.05, 4.69) is 11.0 Å². The monoisotopic (exact) mass is 467 g/mol. The van der Waals surface area contributed by atoms with Crippen molar-refractivity contribution < 1.29 is 4.79 Å². The van der Waals surface area contributed by atoms with Gasteiger partial charge < -0.3 is 4.90 Å². The summed E-state index contributed by atoms with van der Waals surface area (Å²) in [5.41, 5.74) is 1.77. The topological polar surface area (TPSA) is 36.4 Å². The lowest BCUT2D eigenvalue weighted by molar-refractivity contribution is -0.114. The molecule has 1 amide bonds. The normalized spacial score (nSPS) is 11.2. The number of hydrogen-bond acceptors (Lipinski definition) is 5. The quantitative estimate of drug-likeness (QED) is 0.329. The van der Waals surface area contributed by atoms with Crippen molar-refractivity contribution in [2.45, 2.75) is 4.90 Å². The molecule has 0 aliphatic carbocycles. The smallest absolute Gasteiger partial charge is 0.252 e. The van der Waals surface area contributed by atoms with Crippen molar-refractivity contribution in [1.29, 1.82) is 0 Å². The molecule has 0 saturated carbocycles. The van der Waals surface area contributed by atoms with Gasteiger partial charge in [-0.15, -0.1) is 24.2 Å². The van der Waals surface area contributed by atoms with E-state index in [-0.39, 0.29) is 18.3 Å². The molecule has 0 N–H and O–H groups in total. The Morgan fingerprint density at radius 2 is 1.93 bits per heavy atom. The summed E-state index contributed by atoms with van der Waals surface area (Å²) in [5.74, 6) is -0.105. The van der Waals surface area contributed by atoms with Gasteiger partial charge >= 0.3 is 0 Å². The van der Waals surface area contributed by atoms with Crippen molar-refractivity contribution in [3.05, 3.63) is 59.1 Å². The lowest BCUT2D eigenvalue weighted by Crippen LogP contribution is -2.35. The van der Waals surface area contributed by atoms with E-state index in [4.69, 9.17) is 16.6 Å². The number of thiazole rings is 1. The summed E-state index contributed by atoms with van der Waals surface area (Å²) < 4.78 is 1.08. The fraction of sp³-hybridized carbons (Fsp3) is 0.238. The first-order valence-corrected chi connectivity index (χ1v) is 11.2. The number of carbonyl (C=O) groups is 1. The summed E-state index contributed by atoms with van der Waals surface area (Å²) in [5, 5.41) is 1.34. The molecule has 0 spiro atoms. The van der Waals surface area contributed by atoms with Crippen molar-refractivity contribution in [3.8, 4) is 0 Å². The first-order chi connectivity index (χ1) is 13.5. The van der Waals surface area contributed by atoms with E-state index in [1.54, 1.807) is 40.2 Å². The van der Waals surface area contributed by atoms with Gasteiger partial charge in [0.15, 0.2) is 5.13 Å². The molecule has 1 aromatic heterocycles. The number of thioether (sulfide) groups is 1. The number of fused-ring (bicyclic) bond motifs is 1. The summed E-state index contributed by atoms with van der Waals surface area (Å²) in [6.07, 6.45) is 5.36. The third-order valence-electron chi connectivity index (χ3n) is 4.17. The average Bonchev–Trinajstić information content (AvgIpc) is 3.11. The Morgan fingerprint density at radius 1 is 1.17 bits per heavy atom. The van der Waals surface area contributed by atoms with Gasteiger partial charge in [-0.25, -0.2) is 4.98 Å². The lowest BCUT2D eigenvalue weighted by Gasteiger charge is -2.20. The maximum atomic E-state index is 13.0. The van der Waals surface area contributed by atoms with Crippen molar-refractivity contribution in [3.63, 3.8) is 0 Å². The van der Waals surface area contributed by atoms with Gasteiger partial charge in [0.25, 0.3) is 5.91 Å². The summed E-state index contributed by atoms with van der Waals surface area (Å²) in [7, 11) is 3.98. The maximum absolute atomic E-state index is 13.0. The summed E-state index contributed by atoms with van der Waals surface area (Å²) >= 11 is 9.40. The van der Waals surface area contributed by atoms with E-state index in [9.17, 15) is 4.79 Å². The van der Waals surface area contributed by atoms with E-state index >= 15 is 0 Å². The molecule has 0 aliphatic rings. The van der Waals surface area contributed by atoms with Crippen LogP contribution in [0.5, 0.6) is 0 Å². The number of para-hydroxylation sites is 1. The van der Waals surface area contributed by atoms with Crippen LogP contribution in [0.15, 0.2) is 53.4 Å². The van der Waals surface area contributed by atoms with Gasteiger partial charge in [0.1, 0.15) is 0 Å². The molecule has 0 atom stereocenters. The van der Waals surface area contributed by atoms with Crippen LogP contribution < -0.4 is 4.90 Å². The molecule has 3 rings (SSSR count). The van der Waals surface area contributed by atoms with Gasteiger partial charge in [-0.05, 0) is 50.2 Å². The molecule has 0 saturated heterocycles. The Labute approximate surface area is 191 Å². The molecule has 1 heterocycles. The third kappa shape index (κ3) is 5.96. The molecule has 154 valence electrons. The molecule has 29 heavy (non-hydrogen) atoms. The van der Waals surface area contributed by atoms with Crippen LogP contribution in [0.25, 0.3) is 16.3 Å². The van der Waals surface area contributed by atoms with E-state index in [1.807, 2.05) is 56.7 Å². The third-order valence-corrected chi connectivity index (χ3v) is 6.33. The van der Waals surface area contributed by atoms with Crippen LogP contribution in [0.4, 0.5) is 5.13 Å². The summed E-state index contributed by atoms with van der Waals surface area (Å²) in [4.78, 5) is 22.7. The molecule has 8 heteroatoms. The van der Waals surface area contributed by atoms with Gasteiger partial charge in [0.2, 0.25) is 0 Å². The van der Waals surface area contributed by atoms with Crippen molar-refractivity contribution in [1.82, 2.24) is 9.88 Å². The zero-order valence-corrected chi connectivity index (χ0v) is 19.7. The number of rotatable bonds is 7. The van der Waals surface area contributed by atoms with Gasteiger partial charge in [-0.3, -0.25) is 9.69 Å². The predicted octanol–water partition coefficient (Wildman–Crippen LogP) is 5.70. The molecule has 2 aromatic carbocycles. The first-order valence-electron chi connectivity index (χ1n) is 8.82. The van der Waals surface area contributed by atoms with Crippen LogP contribution in [-0.4, -0.2) is 49.2 Å². The number of aromatic nitrogens is 1. The summed E-state index contributed by atoms with van der Waals surface area (Å²) in [6, 6.07) is 13.6. The molecular formula is C21H23Cl2N3OS2. The molecule has 0 bridgehead atoms. The number of anilines is 1. The molecule has 0 unspecified atom stereocenters. The zero-order chi connectivity index (χ0) is 20.1. The van der Waals surface area contributed by atoms with Gasteiger partial charge in [-0.1, -0.05) is 47.2 Å². The van der Waals surface area contributed by atoms with E-state index in [0.717, 1.165) is 27.2 Å². The Morgan fingerprint density at radius 3 is 2.62 bits per heavy atom. The minimum absolute atomic E-state index is 0. The van der Waals surface area contributed by atoms with Crippen LogP contribution in [0.3, 0.4) is 0 Å². The average molecular weight is 468 g/mol. The second kappa shape index (κ2) is 11.0. The van der Waals surface area contributed by atoms with Crippen LogP contribution in [0.1, 0.15) is 5.56 Å². The second-order valence-electron chi connectivity index (χ2n) is 6.45. The van der Waals surface area contributed by atoms with E-state index in [1.165, 1.54) is 0 Å². The molecule has 0 fully saturated rings. The minimum Gasteiger partial charge on any atom is -0.308 e. The second-order valence-corrected chi connectivity index (χ2v) is 8.72. The van der Waals surface area contributed by atoms with Crippen molar-refractivity contribution >= 4 is 74.4 Å². The van der Waals surface area contributed by atoms with Crippen molar-refractivity contribution in [2.24, 2.45) is 0 Å². The van der Waals surface area contributed by atoms with Crippen LogP contribution >= 0.6 is 47.1 Å². The van der Waals surface area contributed by atoms with Gasteiger partial charge in [0.05, 0.1) is 10.2 Å². The number of likely N-dealkylation sites (N-methyl/N-ethyl adjacent to an activating group) is 1. The predicted molar refractivity (Wildman–Crippen MR) is 130 cm³/mol. The highest BCUT2D eigenvalue weighted by Crippen LogP contribution is 2.34. The highest BCUT2D eigenvalue weighted by atomic mass is 35.5. The lowest BCUT2D eigenvalue weighted by atomic mass is 10.2.